The van der Waals surface area contributed by atoms with E-state index in [2.05, 4.69) is 25.6 Å². The zero-order valence-electron chi connectivity index (χ0n) is 21.5. The summed E-state index contributed by atoms with van der Waals surface area (Å²) in [6.07, 6.45) is -10.0. The number of nitrogens with zero attached hydrogens (tertiary/aromatic N) is 1. The van der Waals surface area contributed by atoms with Crippen LogP contribution in [0.1, 0.15) is 32.0 Å². The Bertz CT molecular complexity index is 1640. The number of rotatable bonds is 8. The number of benzene rings is 3. The standard InChI is InChI=1S/C27H21ClF6N4O4/c1-35-24(40)16-7-5-14(10-20(16)28)13-6-8-22(42-27(32,33)34)18(9-13)25(41)36-15(12-39)11-21-17-3-2-4-19(26(29,30)31)23(17)38-37-21/h2-10,15,39H,11-12H2,1H3,(H,35,40)(H,36,41)(H,37,38)/t15-/m1/s1. The number of aliphatic hydroxyl groups is 1. The van der Waals surface area contributed by atoms with Gasteiger partial charge in [0.2, 0.25) is 0 Å². The van der Waals surface area contributed by atoms with Crippen molar-refractivity contribution in [2.45, 2.75) is 25.0 Å². The third-order valence-corrected chi connectivity index (χ3v) is 6.51. The predicted octanol–water partition coefficient (Wildman–Crippen LogP) is 5.49. The molecule has 0 radical (unpaired) electrons. The van der Waals surface area contributed by atoms with Crippen molar-refractivity contribution in [3.05, 3.63) is 82.0 Å². The fourth-order valence-electron chi connectivity index (χ4n) is 4.26. The zero-order valence-corrected chi connectivity index (χ0v) is 22.2. The van der Waals surface area contributed by atoms with Crippen LogP contribution in [0.25, 0.3) is 22.0 Å². The zero-order chi connectivity index (χ0) is 30.8. The molecule has 0 aliphatic carbocycles. The van der Waals surface area contributed by atoms with Crippen LogP contribution >= 0.6 is 11.6 Å². The number of alkyl halides is 6. The van der Waals surface area contributed by atoms with Gasteiger partial charge in [-0.1, -0.05) is 35.9 Å². The molecule has 3 aromatic carbocycles. The number of aromatic nitrogens is 2. The lowest BCUT2D eigenvalue weighted by molar-refractivity contribution is -0.274. The number of aliphatic hydroxyl groups excluding tert-OH is 1. The van der Waals surface area contributed by atoms with Gasteiger partial charge < -0.3 is 20.5 Å². The molecule has 0 saturated heterocycles. The molecule has 0 spiro atoms. The van der Waals surface area contributed by atoms with Crippen molar-refractivity contribution < 1.29 is 45.8 Å². The molecule has 4 N–H and O–H groups in total. The molecule has 8 nitrogen and oxygen atoms in total. The van der Waals surface area contributed by atoms with Crippen molar-refractivity contribution in [2.24, 2.45) is 0 Å². The summed E-state index contributed by atoms with van der Waals surface area (Å²) in [5, 5.41) is 21.0. The molecule has 4 aromatic rings. The predicted molar refractivity (Wildman–Crippen MR) is 140 cm³/mol. The summed E-state index contributed by atoms with van der Waals surface area (Å²) in [5.41, 5.74) is -0.982. The van der Waals surface area contributed by atoms with Crippen molar-refractivity contribution in [2.75, 3.05) is 13.7 Å². The second kappa shape index (κ2) is 11.9. The Labute approximate surface area is 238 Å². The Kier molecular flexibility index (Phi) is 8.68. The Morgan fingerprint density at radius 2 is 1.69 bits per heavy atom. The van der Waals surface area contributed by atoms with Crippen LogP contribution in [0.4, 0.5) is 26.3 Å². The van der Waals surface area contributed by atoms with E-state index in [1.54, 1.807) is 0 Å². The van der Waals surface area contributed by atoms with Crippen molar-refractivity contribution in [1.82, 2.24) is 20.8 Å². The van der Waals surface area contributed by atoms with Crippen LogP contribution in [0.5, 0.6) is 5.75 Å². The van der Waals surface area contributed by atoms with Gasteiger partial charge in [0.15, 0.2) is 0 Å². The average molecular weight is 615 g/mol. The molecule has 4 rings (SSSR count). The third-order valence-electron chi connectivity index (χ3n) is 6.20. The number of aromatic amines is 1. The van der Waals surface area contributed by atoms with Crippen molar-refractivity contribution in [3.8, 4) is 16.9 Å². The van der Waals surface area contributed by atoms with Gasteiger partial charge in [-0.3, -0.25) is 14.7 Å². The molecule has 222 valence electrons. The molecule has 1 atom stereocenters. The molecule has 15 heteroatoms. The first kappa shape index (κ1) is 30.7. The molecule has 0 bridgehead atoms. The number of fused-ring (bicyclic) bond motifs is 1. The summed E-state index contributed by atoms with van der Waals surface area (Å²) in [7, 11) is 1.41. The van der Waals surface area contributed by atoms with Gasteiger partial charge in [0.1, 0.15) is 11.3 Å². The van der Waals surface area contributed by atoms with Crippen LogP contribution < -0.4 is 15.4 Å². The number of carbonyl (C=O) groups excluding carboxylic acids is 2. The van der Waals surface area contributed by atoms with Gasteiger partial charge in [0, 0.05) is 24.5 Å². The van der Waals surface area contributed by atoms with Crippen LogP contribution in [-0.2, 0) is 12.6 Å². The third kappa shape index (κ3) is 6.77. The van der Waals surface area contributed by atoms with E-state index in [1.807, 2.05) is 0 Å². The molecule has 0 unspecified atom stereocenters. The van der Waals surface area contributed by atoms with E-state index in [0.29, 0.717) is 5.56 Å². The summed E-state index contributed by atoms with van der Waals surface area (Å²) in [6, 6.07) is 9.82. The summed E-state index contributed by atoms with van der Waals surface area (Å²) in [6.45, 7) is -0.711. The summed E-state index contributed by atoms with van der Waals surface area (Å²) in [5.74, 6) is -2.37. The normalized spacial score (nSPS) is 12.7. The maximum Gasteiger partial charge on any atom is 0.573 e. The van der Waals surface area contributed by atoms with Crippen LogP contribution in [0, 0.1) is 0 Å². The van der Waals surface area contributed by atoms with Gasteiger partial charge in [-0.25, -0.2) is 0 Å². The molecule has 0 saturated carbocycles. The van der Waals surface area contributed by atoms with Crippen LogP contribution in [0.3, 0.4) is 0 Å². The molecule has 0 aliphatic rings. The number of hydrogen-bond donors (Lipinski definition) is 4. The second-order valence-electron chi connectivity index (χ2n) is 8.99. The maximum absolute atomic E-state index is 13.4. The topological polar surface area (TPSA) is 116 Å². The highest BCUT2D eigenvalue weighted by Crippen LogP contribution is 2.35. The van der Waals surface area contributed by atoms with Gasteiger partial charge >= 0.3 is 12.5 Å². The maximum atomic E-state index is 13.4. The summed E-state index contributed by atoms with van der Waals surface area (Å²) in [4.78, 5) is 25.1. The number of halogens is 7. The highest BCUT2D eigenvalue weighted by Gasteiger charge is 2.35. The SMILES string of the molecule is CNC(=O)c1ccc(-c2ccc(OC(F)(F)F)c(C(=O)N[C@@H](CO)Cc3[nH]nc4c(C(F)(F)F)cccc34)c2)cc1Cl. The lowest BCUT2D eigenvalue weighted by Gasteiger charge is -2.19. The van der Waals surface area contributed by atoms with Crippen LogP contribution in [0.15, 0.2) is 54.6 Å². The largest absolute Gasteiger partial charge is 0.573 e. The van der Waals surface area contributed by atoms with E-state index in [-0.39, 0.29) is 39.2 Å². The summed E-state index contributed by atoms with van der Waals surface area (Å²) < 4.78 is 83.4. The number of H-pyrrole nitrogens is 1. The quantitative estimate of drug-likeness (QED) is 0.196. The van der Waals surface area contributed by atoms with Crippen molar-refractivity contribution in [3.63, 3.8) is 0 Å². The van der Waals surface area contributed by atoms with E-state index >= 15 is 0 Å². The number of ether oxygens (including phenoxy) is 1. The van der Waals surface area contributed by atoms with Crippen molar-refractivity contribution >= 4 is 34.3 Å². The molecule has 0 aliphatic heterocycles. The number of carbonyl (C=O) groups is 2. The van der Waals surface area contributed by atoms with Gasteiger partial charge in [-0.2, -0.15) is 18.3 Å². The van der Waals surface area contributed by atoms with Gasteiger partial charge in [0.05, 0.1) is 34.4 Å². The number of para-hydroxylation sites is 1. The Balaban J connectivity index is 1.65. The van der Waals surface area contributed by atoms with Gasteiger partial charge in [-0.05, 0) is 41.5 Å². The fraction of sp³-hybridized carbons (Fsp3) is 0.222. The minimum Gasteiger partial charge on any atom is -0.405 e. The first-order valence-corrected chi connectivity index (χ1v) is 12.5. The first-order chi connectivity index (χ1) is 19.7. The highest BCUT2D eigenvalue weighted by molar-refractivity contribution is 6.34. The van der Waals surface area contributed by atoms with Crippen LogP contribution in [-0.4, -0.2) is 53.2 Å². The van der Waals surface area contributed by atoms with Crippen LogP contribution in [0.2, 0.25) is 5.02 Å². The minimum absolute atomic E-state index is 0.0503. The summed E-state index contributed by atoms with van der Waals surface area (Å²) >= 11 is 6.19. The van der Waals surface area contributed by atoms with E-state index in [9.17, 15) is 41.0 Å². The second-order valence-corrected chi connectivity index (χ2v) is 9.40. The molecule has 0 fully saturated rings. The molecular weight excluding hydrogens is 594 g/mol. The minimum atomic E-state index is -5.14. The van der Waals surface area contributed by atoms with Crippen molar-refractivity contribution in [1.29, 1.82) is 0 Å². The molecule has 42 heavy (non-hydrogen) atoms. The molecule has 2 amide bonds. The molecule has 1 aromatic heterocycles. The van der Waals surface area contributed by atoms with E-state index in [1.165, 1.54) is 43.4 Å². The highest BCUT2D eigenvalue weighted by atomic mass is 35.5. The van der Waals surface area contributed by atoms with E-state index in [4.69, 9.17) is 11.6 Å². The Morgan fingerprint density at radius 1 is 1.00 bits per heavy atom. The molecular formula is C27H21ClF6N4O4. The average Bonchev–Trinajstić information content (AvgIpc) is 3.33. The number of nitrogens with one attached hydrogen (secondary N) is 3. The Morgan fingerprint density at radius 3 is 2.31 bits per heavy atom. The van der Waals surface area contributed by atoms with E-state index < -0.39 is 53.9 Å². The first-order valence-electron chi connectivity index (χ1n) is 12.1. The van der Waals surface area contributed by atoms with E-state index in [0.717, 1.165) is 18.2 Å². The lowest BCUT2D eigenvalue weighted by atomic mass is 10.00. The number of hydrogen-bond acceptors (Lipinski definition) is 5. The Hall–Kier alpha value is -4.30. The molecule has 1 heterocycles. The van der Waals surface area contributed by atoms with Gasteiger partial charge in [0.25, 0.3) is 11.8 Å². The van der Waals surface area contributed by atoms with Gasteiger partial charge in [-0.15, -0.1) is 13.2 Å². The fourth-order valence-corrected chi connectivity index (χ4v) is 4.53. The lowest BCUT2D eigenvalue weighted by Crippen LogP contribution is -2.39. The number of amides is 2. The monoisotopic (exact) mass is 614 g/mol. The smallest absolute Gasteiger partial charge is 0.405 e.